The van der Waals surface area contributed by atoms with E-state index < -0.39 is 0 Å². The summed E-state index contributed by atoms with van der Waals surface area (Å²) < 4.78 is 0. The molecule has 1 N–H and O–H groups in total. The molecule has 1 aromatic heterocycles. The smallest absolute Gasteiger partial charge is 0.0993 e. The summed E-state index contributed by atoms with van der Waals surface area (Å²) in [7, 11) is 0. The summed E-state index contributed by atoms with van der Waals surface area (Å²) in [4.78, 5) is 4.24. The molecule has 2 aromatic rings. The van der Waals surface area contributed by atoms with E-state index in [9.17, 15) is 0 Å². The van der Waals surface area contributed by atoms with Crippen LogP contribution in [-0.2, 0) is 5.54 Å². The molecule has 3 nitrogen and oxygen atoms in total. The van der Waals surface area contributed by atoms with Crippen LogP contribution in [0.15, 0.2) is 54.9 Å². The molecule has 1 unspecified atom stereocenters. The lowest BCUT2D eigenvalue weighted by molar-refractivity contribution is 0.321. The van der Waals surface area contributed by atoms with Crippen LogP contribution in [0.25, 0.3) is 0 Å². The second-order valence-electron chi connectivity index (χ2n) is 4.53. The van der Waals surface area contributed by atoms with Crippen molar-refractivity contribution in [3.05, 3.63) is 66.0 Å². The Labute approximate surface area is 107 Å². The second kappa shape index (κ2) is 4.88. The summed E-state index contributed by atoms with van der Waals surface area (Å²) >= 11 is 0. The molecule has 3 rings (SSSR count). The van der Waals surface area contributed by atoms with Crippen molar-refractivity contribution in [2.75, 3.05) is 19.6 Å². The lowest BCUT2D eigenvalue weighted by Crippen LogP contribution is -2.53. The van der Waals surface area contributed by atoms with E-state index in [0.717, 1.165) is 25.2 Å². The summed E-state index contributed by atoms with van der Waals surface area (Å²) in [5.74, 6) is 0. The van der Waals surface area contributed by atoms with Crippen LogP contribution in [0.1, 0.15) is 11.1 Å². The van der Waals surface area contributed by atoms with Crippen molar-refractivity contribution in [3.63, 3.8) is 0 Å². The van der Waals surface area contributed by atoms with Crippen LogP contribution in [0.2, 0.25) is 0 Å². The number of aromatic nitrogens is 1. The number of pyridine rings is 1. The number of benzene rings is 1. The van der Waals surface area contributed by atoms with Gasteiger partial charge in [0.15, 0.2) is 0 Å². The molecule has 1 aliphatic heterocycles. The molecule has 0 spiro atoms. The summed E-state index contributed by atoms with van der Waals surface area (Å²) in [5.41, 5.74) is 2.10. The Hall–Kier alpha value is -1.71. The highest BCUT2D eigenvalue weighted by molar-refractivity contribution is 5.38. The summed E-state index contributed by atoms with van der Waals surface area (Å²) in [6, 6.07) is 14.5. The average molecular weight is 238 g/mol. The van der Waals surface area contributed by atoms with Crippen molar-refractivity contribution in [1.29, 1.82) is 0 Å². The maximum absolute atomic E-state index is 4.90. The van der Waals surface area contributed by atoms with Crippen LogP contribution >= 0.6 is 0 Å². The zero-order chi connectivity index (χ0) is 12.3. The van der Waals surface area contributed by atoms with E-state index in [1.807, 2.05) is 18.3 Å². The Balaban J connectivity index is 2.10. The van der Waals surface area contributed by atoms with Gasteiger partial charge in [-0.25, -0.2) is 5.32 Å². The summed E-state index contributed by atoms with van der Waals surface area (Å²) in [5, 5.41) is 8.35. The molecule has 0 amide bonds. The third kappa shape index (κ3) is 1.92. The molecule has 18 heavy (non-hydrogen) atoms. The van der Waals surface area contributed by atoms with Crippen LogP contribution < -0.4 is 10.6 Å². The fourth-order valence-electron chi connectivity index (χ4n) is 2.53. The third-order valence-corrected chi connectivity index (χ3v) is 3.44. The lowest BCUT2D eigenvalue weighted by atomic mass is 9.82. The van der Waals surface area contributed by atoms with E-state index >= 15 is 0 Å². The molecule has 3 heteroatoms. The number of rotatable bonds is 2. The van der Waals surface area contributed by atoms with E-state index in [-0.39, 0.29) is 5.54 Å². The highest BCUT2D eigenvalue weighted by atomic mass is 15.1. The van der Waals surface area contributed by atoms with Crippen LogP contribution in [-0.4, -0.2) is 24.6 Å². The van der Waals surface area contributed by atoms with E-state index in [1.54, 1.807) is 6.20 Å². The first-order chi connectivity index (χ1) is 8.92. The summed E-state index contributed by atoms with van der Waals surface area (Å²) in [6.45, 7) is 2.63. The molecule has 1 radical (unpaired) electrons. The minimum Gasteiger partial charge on any atom is -0.313 e. The van der Waals surface area contributed by atoms with Gasteiger partial charge in [-0.05, 0) is 17.2 Å². The van der Waals surface area contributed by atoms with Gasteiger partial charge >= 0.3 is 0 Å². The fourth-order valence-corrected chi connectivity index (χ4v) is 2.53. The third-order valence-electron chi connectivity index (χ3n) is 3.44. The minimum absolute atomic E-state index is 0.284. The monoisotopic (exact) mass is 238 g/mol. The predicted molar refractivity (Wildman–Crippen MR) is 71.3 cm³/mol. The van der Waals surface area contributed by atoms with Gasteiger partial charge in [-0.2, -0.15) is 0 Å². The topological polar surface area (TPSA) is 39.0 Å². The largest absolute Gasteiger partial charge is 0.313 e. The van der Waals surface area contributed by atoms with Gasteiger partial charge in [0.25, 0.3) is 0 Å². The number of nitrogens with zero attached hydrogens (tertiary/aromatic N) is 2. The molecule has 1 saturated heterocycles. The molecule has 1 aliphatic rings. The average Bonchev–Trinajstić information content (AvgIpc) is 2.50. The van der Waals surface area contributed by atoms with Crippen LogP contribution in [0.3, 0.4) is 0 Å². The predicted octanol–water partition coefficient (Wildman–Crippen LogP) is 1.53. The van der Waals surface area contributed by atoms with Gasteiger partial charge in [-0.1, -0.05) is 36.4 Å². The summed E-state index contributed by atoms with van der Waals surface area (Å²) in [6.07, 6.45) is 3.72. The molecule has 91 valence electrons. The van der Waals surface area contributed by atoms with Gasteiger partial charge in [0, 0.05) is 32.0 Å². The molecule has 0 bridgehead atoms. The number of hydrogen-bond acceptors (Lipinski definition) is 2. The van der Waals surface area contributed by atoms with Crippen LogP contribution in [0.4, 0.5) is 0 Å². The van der Waals surface area contributed by atoms with Gasteiger partial charge in [-0.3, -0.25) is 4.98 Å². The number of hydrogen-bond donors (Lipinski definition) is 1. The Bertz CT molecular complexity index is 448. The standard InChI is InChI=1S/C15H16N3/c1-2-5-13(6-3-1)15(12-17-9-10-18-15)14-7-4-8-16-11-14/h1-8,11,17H,9-10,12H2. The quantitative estimate of drug-likeness (QED) is 0.862. The Morgan fingerprint density at radius 2 is 1.83 bits per heavy atom. The molecular formula is C15H16N3. The number of piperazine rings is 1. The first-order valence-corrected chi connectivity index (χ1v) is 6.27. The minimum atomic E-state index is -0.284. The molecular weight excluding hydrogens is 222 g/mol. The molecule has 1 fully saturated rings. The maximum Gasteiger partial charge on any atom is 0.0993 e. The van der Waals surface area contributed by atoms with E-state index in [2.05, 4.69) is 40.6 Å². The van der Waals surface area contributed by atoms with Gasteiger partial charge in [0.2, 0.25) is 0 Å². The van der Waals surface area contributed by atoms with Crippen molar-refractivity contribution < 1.29 is 0 Å². The van der Waals surface area contributed by atoms with Crippen LogP contribution in [0, 0.1) is 0 Å². The van der Waals surface area contributed by atoms with Crippen LogP contribution in [0.5, 0.6) is 0 Å². The molecule has 0 saturated carbocycles. The van der Waals surface area contributed by atoms with Gasteiger partial charge in [0.05, 0.1) is 5.54 Å². The Morgan fingerprint density at radius 3 is 2.50 bits per heavy atom. The van der Waals surface area contributed by atoms with Crippen molar-refractivity contribution in [1.82, 2.24) is 15.6 Å². The van der Waals surface area contributed by atoms with Gasteiger partial charge in [0.1, 0.15) is 0 Å². The van der Waals surface area contributed by atoms with Crippen molar-refractivity contribution in [2.45, 2.75) is 5.54 Å². The highest BCUT2D eigenvalue weighted by Crippen LogP contribution is 2.30. The maximum atomic E-state index is 4.90. The van der Waals surface area contributed by atoms with Gasteiger partial charge < -0.3 is 5.32 Å². The van der Waals surface area contributed by atoms with Gasteiger partial charge in [-0.15, -0.1) is 0 Å². The van der Waals surface area contributed by atoms with E-state index in [0.29, 0.717) is 0 Å². The molecule has 1 aromatic carbocycles. The molecule has 2 heterocycles. The second-order valence-corrected chi connectivity index (χ2v) is 4.53. The zero-order valence-corrected chi connectivity index (χ0v) is 10.2. The Kier molecular flexibility index (Phi) is 3.09. The number of nitrogens with one attached hydrogen (secondary N) is 1. The van der Waals surface area contributed by atoms with Crippen molar-refractivity contribution in [2.24, 2.45) is 0 Å². The SMILES string of the molecule is c1ccc(C2(c3cccnc3)CNCC[N]2)cc1. The zero-order valence-electron chi connectivity index (χ0n) is 10.2. The normalized spacial score (nSPS) is 23.8. The first-order valence-electron chi connectivity index (χ1n) is 6.27. The van der Waals surface area contributed by atoms with Crippen molar-refractivity contribution >= 4 is 0 Å². The van der Waals surface area contributed by atoms with E-state index in [4.69, 9.17) is 5.32 Å². The van der Waals surface area contributed by atoms with Crippen molar-refractivity contribution in [3.8, 4) is 0 Å². The first kappa shape index (κ1) is 11.4. The fraction of sp³-hybridized carbons (Fsp3) is 0.267. The molecule has 0 aliphatic carbocycles. The lowest BCUT2D eigenvalue weighted by Gasteiger charge is -2.38. The molecule has 1 atom stereocenters. The highest BCUT2D eigenvalue weighted by Gasteiger charge is 2.36. The van der Waals surface area contributed by atoms with E-state index in [1.165, 1.54) is 5.56 Å². The Morgan fingerprint density at radius 1 is 1.00 bits per heavy atom.